The second-order valence-electron chi connectivity index (χ2n) is 6.87. The van der Waals surface area contributed by atoms with E-state index in [1.807, 2.05) is 0 Å². The molecule has 10 heteroatoms. The topological polar surface area (TPSA) is 128 Å². The predicted molar refractivity (Wildman–Crippen MR) is 121 cm³/mol. The highest BCUT2D eigenvalue weighted by atomic mass is 19.1. The maximum absolute atomic E-state index is 14.0. The van der Waals surface area contributed by atoms with Crippen LogP contribution in [0.2, 0.25) is 0 Å². The first-order chi connectivity index (χ1) is 16.3. The number of nitrogens with one attached hydrogen (secondary N) is 2. The molecule has 9 nitrogen and oxygen atoms in total. The summed E-state index contributed by atoms with van der Waals surface area (Å²) >= 11 is 0. The molecule has 2 amide bonds. The van der Waals surface area contributed by atoms with E-state index in [4.69, 9.17) is 0 Å². The number of carbonyl (C=O) groups excluding carboxylic acids is 3. The molecule has 0 saturated heterocycles. The molecule has 0 saturated carbocycles. The van der Waals surface area contributed by atoms with E-state index in [9.17, 15) is 28.9 Å². The zero-order valence-corrected chi connectivity index (χ0v) is 17.8. The van der Waals surface area contributed by atoms with Crippen molar-refractivity contribution in [3.05, 3.63) is 111 Å². The fourth-order valence-corrected chi connectivity index (χ4v) is 2.89. The molecule has 0 radical (unpaired) electrons. The third-order valence-corrected chi connectivity index (χ3v) is 4.57. The number of anilines is 1. The number of nitro benzene ring substituents is 1. The van der Waals surface area contributed by atoms with Gasteiger partial charge in [0.1, 0.15) is 11.5 Å². The van der Waals surface area contributed by atoms with Crippen molar-refractivity contribution in [3.63, 3.8) is 0 Å². The zero-order valence-electron chi connectivity index (χ0n) is 17.8. The van der Waals surface area contributed by atoms with Crippen LogP contribution in [0.4, 0.5) is 15.8 Å². The number of halogens is 1. The number of hydrogen-bond donors (Lipinski definition) is 2. The summed E-state index contributed by atoms with van der Waals surface area (Å²) in [5.74, 6) is -3.00. The lowest BCUT2D eigenvalue weighted by Crippen LogP contribution is -2.31. The number of nitro groups is 1. The minimum atomic E-state index is -0.883. The Hall–Kier alpha value is -4.86. The number of methoxy groups -OCH3 is 1. The normalized spacial score (nSPS) is 10.8. The molecule has 2 N–H and O–H groups in total. The van der Waals surface area contributed by atoms with Crippen LogP contribution in [0.3, 0.4) is 0 Å². The molecule has 172 valence electrons. The first-order valence-corrected chi connectivity index (χ1v) is 9.80. The van der Waals surface area contributed by atoms with Crippen molar-refractivity contribution in [2.24, 2.45) is 0 Å². The summed E-state index contributed by atoms with van der Waals surface area (Å²) in [4.78, 5) is 47.6. The van der Waals surface area contributed by atoms with Crippen LogP contribution >= 0.6 is 0 Å². The lowest BCUT2D eigenvalue weighted by atomic mass is 10.1. The average Bonchev–Trinajstić information content (AvgIpc) is 2.84. The van der Waals surface area contributed by atoms with Gasteiger partial charge in [-0.2, -0.15) is 0 Å². The minimum absolute atomic E-state index is 0.215. The largest absolute Gasteiger partial charge is 0.465 e. The lowest BCUT2D eigenvalue weighted by Gasteiger charge is -2.12. The van der Waals surface area contributed by atoms with Crippen molar-refractivity contribution >= 4 is 35.2 Å². The molecular weight excluding hydrogens is 445 g/mol. The van der Waals surface area contributed by atoms with E-state index in [-0.39, 0.29) is 28.1 Å². The number of nitrogens with zero attached hydrogens (tertiary/aromatic N) is 1. The van der Waals surface area contributed by atoms with Crippen molar-refractivity contribution < 1.29 is 28.4 Å². The van der Waals surface area contributed by atoms with Gasteiger partial charge in [-0.1, -0.05) is 24.3 Å². The van der Waals surface area contributed by atoms with Crippen LogP contribution in [-0.2, 0) is 9.53 Å². The van der Waals surface area contributed by atoms with Crippen molar-refractivity contribution in [2.45, 2.75) is 0 Å². The SMILES string of the molecule is COC(=O)c1ccc(NC(=O)C(=Cc2cccc([N+](=O)[O-])c2)NC(=O)c2ccccc2F)cc1. The Bertz CT molecular complexity index is 1290. The quantitative estimate of drug-likeness (QED) is 0.237. The van der Waals surface area contributed by atoms with Gasteiger partial charge in [-0.05, 0) is 48.0 Å². The number of ether oxygens (including phenoxy) is 1. The second kappa shape index (κ2) is 10.6. The van der Waals surface area contributed by atoms with E-state index in [0.717, 1.165) is 6.07 Å². The fraction of sp³-hybridized carbons (Fsp3) is 0.0417. The summed E-state index contributed by atoms with van der Waals surface area (Å²) in [5.41, 5.74) is 0.0264. The number of hydrogen-bond acceptors (Lipinski definition) is 6. The number of rotatable bonds is 7. The molecule has 0 aliphatic rings. The van der Waals surface area contributed by atoms with Gasteiger partial charge in [0.05, 0.1) is 23.2 Å². The van der Waals surface area contributed by atoms with E-state index in [0.29, 0.717) is 5.69 Å². The van der Waals surface area contributed by atoms with E-state index >= 15 is 0 Å². The predicted octanol–water partition coefficient (Wildman–Crippen LogP) is 3.93. The smallest absolute Gasteiger partial charge is 0.337 e. The standard InChI is InChI=1S/C24H18FN3O6/c1-34-24(31)16-9-11-17(12-10-16)26-23(30)21(14-15-5-4-6-18(13-15)28(32)33)27-22(29)19-7-2-3-8-20(19)25/h2-14H,1H3,(H,26,30)(H,27,29). The van der Waals surface area contributed by atoms with E-state index in [1.54, 1.807) is 0 Å². The first kappa shape index (κ1) is 23.8. The third kappa shape index (κ3) is 5.88. The summed E-state index contributed by atoms with van der Waals surface area (Å²) in [6, 6.07) is 16.4. The number of esters is 1. The molecular formula is C24H18FN3O6. The highest BCUT2D eigenvalue weighted by Crippen LogP contribution is 2.17. The highest BCUT2D eigenvalue weighted by Gasteiger charge is 2.18. The monoisotopic (exact) mass is 463 g/mol. The number of non-ortho nitro benzene ring substituents is 1. The van der Waals surface area contributed by atoms with Gasteiger partial charge in [0.15, 0.2) is 0 Å². The highest BCUT2D eigenvalue weighted by molar-refractivity contribution is 6.10. The van der Waals surface area contributed by atoms with Gasteiger partial charge in [-0.25, -0.2) is 9.18 Å². The zero-order chi connectivity index (χ0) is 24.7. The van der Waals surface area contributed by atoms with Crippen LogP contribution in [0, 0.1) is 15.9 Å². The Morgan fingerprint density at radius 2 is 1.71 bits per heavy atom. The molecule has 0 fully saturated rings. The Morgan fingerprint density at radius 1 is 1.00 bits per heavy atom. The maximum atomic E-state index is 14.0. The van der Waals surface area contributed by atoms with Gasteiger partial charge >= 0.3 is 5.97 Å². The van der Waals surface area contributed by atoms with Gasteiger partial charge in [0.2, 0.25) is 0 Å². The molecule has 0 aromatic heterocycles. The Morgan fingerprint density at radius 3 is 2.35 bits per heavy atom. The first-order valence-electron chi connectivity index (χ1n) is 9.80. The van der Waals surface area contributed by atoms with Crippen LogP contribution in [-0.4, -0.2) is 29.8 Å². The van der Waals surface area contributed by atoms with Gasteiger partial charge in [0.25, 0.3) is 17.5 Å². The molecule has 3 aromatic rings. The van der Waals surface area contributed by atoms with Crippen LogP contribution in [0.25, 0.3) is 6.08 Å². The summed E-state index contributed by atoms with van der Waals surface area (Å²) in [7, 11) is 1.24. The molecule has 0 spiro atoms. The molecule has 0 unspecified atom stereocenters. The third-order valence-electron chi connectivity index (χ3n) is 4.57. The molecule has 0 bridgehead atoms. The van der Waals surface area contributed by atoms with Crippen molar-refractivity contribution in [3.8, 4) is 0 Å². The van der Waals surface area contributed by atoms with Crippen LogP contribution in [0.1, 0.15) is 26.3 Å². The van der Waals surface area contributed by atoms with Gasteiger partial charge in [-0.15, -0.1) is 0 Å². The molecule has 3 rings (SSSR count). The summed E-state index contributed by atoms with van der Waals surface area (Å²) in [6.45, 7) is 0. The fourth-order valence-electron chi connectivity index (χ4n) is 2.89. The van der Waals surface area contributed by atoms with E-state index in [2.05, 4.69) is 15.4 Å². The molecule has 34 heavy (non-hydrogen) atoms. The van der Waals surface area contributed by atoms with E-state index in [1.165, 1.54) is 79.9 Å². The summed E-state index contributed by atoms with van der Waals surface area (Å²) in [6.07, 6.45) is 1.23. The molecule has 0 aliphatic carbocycles. The van der Waals surface area contributed by atoms with Gasteiger partial charge in [0, 0.05) is 17.8 Å². The lowest BCUT2D eigenvalue weighted by molar-refractivity contribution is -0.384. The van der Waals surface area contributed by atoms with Crippen LogP contribution in [0.5, 0.6) is 0 Å². The van der Waals surface area contributed by atoms with Crippen LogP contribution in [0.15, 0.2) is 78.5 Å². The molecule has 0 heterocycles. The van der Waals surface area contributed by atoms with Crippen molar-refractivity contribution in [1.29, 1.82) is 0 Å². The second-order valence-corrected chi connectivity index (χ2v) is 6.87. The van der Waals surface area contributed by atoms with E-state index < -0.39 is 28.5 Å². The van der Waals surface area contributed by atoms with Gasteiger partial charge < -0.3 is 15.4 Å². The number of carbonyl (C=O) groups is 3. The average molecular weight is 463 g/mol. The summed E-state index contributed by atoms with van der Waals surface area (Å²) < 4.78 is 18.7. The summed E-state index contributed by atoms with van der Waals surface area (Å²) in [5, 5.41) is 16.0. The number of benzene rings is 3. The number of amides is 2. The Kier molecular flexibility index (Phi) is 7.45. The Labute approximate surface area is 193 Å². The Balaban J connectivity index is 1.92. The molecule has 3 aromatic carbocycles. The minimum Gasteiger partial charge on any atom is -0.465 e. The van der Waals surface area contributed by atoms with Crippen molar-refractivity contribution in [1.82, 2.24) is 5.32 Å². The van der Waals surface area contributed by atoms with Crippen LogP contribution < -0.4 is 10.6 Å². The maximum Gasteiger partial charge on any atom is 0.337 e. The molecule has 0 atom stereocenters. The van der Waals surface area contributed by atoms with Crippen molar-refractivity contribution in [2.75, 3.05) is 12.4 Å². The molecule has 0 aliphatic heterocycles. The van der Waals surface area contributed by atoms with Gasteiger partial charge in [-0.3, -0.25) is 19.7 Å².